The predicted molar refractivity (Wildman–Crippen MR) is 102 cm³/mol. The van der Waals surface area contributed by atoms with Crippen LogP contribution in [0.25, 0.3) is 11.3 Å². The molecule has 0 aliphatic carbocycles. The van der Waals surface area contributed by atoms with Crippen LogP contribution >= 0.6 is 0 Å². The van der Waals surface area contributed by atoms with Crippen molar-refractivity contribution in [3.05, 3.63) is 59.9 Å². The van der Waals surface area contributed by atoms with Crippen molar-refractivity contribution in [3.8, 4) is 34.3 Å². The highest BCUT2D eigenvalue weighted by Crippen LogP contribution is 2.52. The number of furan rings is 1. The molecule has 1 aliphatic heterocycles. The standard InChI is InChI=1S/C22H20O6/c1-24-18-12-17-20(22(26-3)21(18)25-2)14(11-19(23)28-17)16-10-9-15(27-16)13-7-5-4-6-8-13/h4-10,12,14H,11H2,1-3H3/t14-/m0/s1. The van der Waals surface area contributed by atoms with Gasteiger partial charge in [-0.1, -0.05) is 30.3 Å². The van der Waals surface area contributed by atoms with Crippen LogP contribution in [0, 0.1) is 0 Å². The Bertz CT molecular complexity index is 1010. The number of hydrogen-bond donors (Lipinski definition) is 0. The minimum Gasteiger partial charge on any atom is -0.493 e. The third-order valence-electron chi connectivity index (χ3n) is 4.80. The summed E-state index contributed by atoms with van der Waals surface area (Å²) in [5, 5.41) is 0. The lowest BCUT2D eigenvalue weighted by Gasteiger charge is -2.27. The largest absolute Gasteiger partial charge is 0.493 e. The first-order chi connectivity index (χ1) is 13.7. The summed E-state index contributed by atoms with van der Waals surface area (Å²) in [5.41, 5.74) is 1.67. The van der Waals surface area contributed by atoms with Gasteiger partial charge in [-0.15, -0.1) is 0 Å². The Morgan fingerprint density at radius 3 is 2.36 bits per heavy atom. The zero-order valence-electron chi connectivity index (χ0n) is 15.9. The van der Waals surface area contributed by atoms with E-state index in [9.17, 15) is 4.79 Å². The number of benzene rings is 2. The average Bonchev–Trinajstić information content (AvgIpc) is 3.22. The van der Waals surface area contributed by atoms with Crippen LogP contribution in [0.4, 0.5) is 0 Å². The van der Waals surface area contributed by atoms with Crippen molar-refractivity contribution in [1.82, 2.24) is 0 Å². The van der Waals surface area contributed by atoms with E-state index in [0.29, 0.717) is 34.3 Å². The summed E-state index contributed by atoms with van der Waals surface area (Å²) in [6, 6.07) is 15.2. The molecule has 6 heteroatoms. The van der Waals surface area contributed by atoms with Gasteiger partial charge in [-0.05, 0) is 12.1 Å². The molecule has 0 radical (unpaired) electrons. The Morgan fingerprint density at radius 1 is 0.929 bits per heavy atom. The van der Waals surface area contributed by atoms with Crippen LogP contribution in [0.3, 0.4) is 0 Å². The van der Waals surface area contributed by atoms with Gasteiger partial charge >= 0.3 is 5.97 Å². The molecule has 0 saturated carbocycles. The van der Waals surface area contributed by atoms with E-state index in [-0.39, 0.29) is 18.3 Å². The van der Waals surface area contributed by atoms with Gasteiger partial charge in [-0.2, -0.15) is 0 Å². The first kappa shape index (κ1) is 18.0. The zero-order chi connectivity index (χ0) is 19.7. The number of carbonyl (C=O) groups excluding carboxylic acids is 1. The number of ether oxygens (including phenoxy) is 4. The zero-order valence-corrected chi connectivity index (χ0v) is 15.9. The molecule has 0 amide bonds. The molecule has 0 fully saturated rings. The summed E-state index contributed by atoms with van der Waals surface area (Å²) in [6.45, 7) is 0. The SMILES string of the molecule is COc1cc2c(c(OC)c1OC)[C@H](c1ccc(-c3ccccc3)o1)CC(=O)O2. The summed E-state index contributed by atoms with van der Waals surface area (Å²) in [4.78, 5) is 12.3. The molecule has 6 nitrogen and oxygen atoms in total. The van der Waals surface area contributed by atoms with E-state index in [0.717, 1.165) is 11.3 Å². The normalized spacial score (nSPS) is 15.5. The molecule has 0 saturated heterocycles. The Balaban J connectivity index is 1.85. The van der Waals surface area contributed by atoms with Crippen molar-refractivity contribution in [2.75, 3.05) is 21.3 Å². The van der Waals surface area contributed by atoms with Gasteiger partial charge in [0, 0.05) is 11.6 Å². The maximum Gasteiger partial charge on any atom is 0.312 e. The predicted octanol–water partition coefficient (Wildman–Crippen LogP) is 4.41. The van der Waals surface area contributed by atoms with E-state index in [1.54, 1.807) is 13.2 Å². The first-order valence-corrected chi connectivity index (χ1v) is 8.85. The van der Waals surface area contributed by atoms with E-state index < -0.39 is 0 Å². The molecule has 144 valence electrons. The molecular formula is C22H20O6. The summed E-state index contributed by atoms with van der Waals surface area (Å²) in [7, 11) is 4.60. The van der Waals surface area contributed by atoms with Gasteiger partial charge < -0.3 is 23.4 Å². The maximum absolute atomic E-state index is 12.3. The molecule has 1 aromatic heterocycles. The summed E-state index contributed by atoms with van der Waals surface area (Å²) >= 11 is 0. The van der Waals surface area contributed by atoms with Crippen LogP contribution in [0.5, 0.6) is 23.0 Å². The molecule has 3 aromatic rings. The molecule has 0 N–H and O–H groups in total. The van der Waals surface area contributed by atoms with Crippen molar-refractivity contribution in [2.45, 2.75) is 12.3 Å². The molecule has 4 rings (SSSR count). The smallest absolute Gasteiger partial charge is 0.312 e. The van der Waals surface area contributed by atoms with Crippen molar-refractivity contribution < 1.29 is 28.2 Å². The molecule has 0 unspecified atom stereocenters. The van der Waals surface area contributed by atoms with Crippen LogP contribution in [-0.4, -0.2) is 27.3 Å². The van der Waals surface area contributed by atoms with Crippen molar-refractivity contribution in [2.24, 2.45) is 0 Å². The van der Waals surface area contributed by atoms with Crippen LogP contribution in [0.1, 0.15) is 23.7 Å². The summed E-state index contributed by atoms with van der Waals surface area (Å²) < 4.78 is 28.0. The number of hydrogen-bond acceptors (Lipinski definition) is 6. The second-order valence-corrected chi connectivity index (χ2v) is 6.36. The van der Waals surface area contributed by atoms with Gasteiger partial charge in [0.2, 0.25) is 5.75 Å². The first-order valence-electron chi connectivity index (χ1n) is 8.85. The van der Waals surface area contributed by atoms with Gasteiger partial charge in [0.05, 0.1) is 39.2 Å². The third-order valence-corrected chi connectivity index (χ3v) is 4.80. The molecule has 28 heavy (non-hydrogen) atoms. The van der Waals surface area contributed by atoms with E-state index in [1.807, 2.05) is 42.5 Å². The van der Waals surface area contributed by atoms with Gasteiger partial charge in [0.15, 0.2) is 11.5 Å². The number of rotatable bonds is 5. The number of carbonyl (C=O) groups is 1. The minimum absolute atomic E-state index is 0.139. The third kappa shape index (κ3) is 2.97. The second-order valence-electron chi connectivity index (χ2n) is 6.36. The second kappa shape index (κ2) is 7.31. The van der Waals surface area contributed by atoms with Gasteiger partial charge in [0.25, 0.3) is 0 Å². The van der Waals surface area contributed by atoms with E-state index >= 15 is 0 Å². The van der Waals surface area contributed by atoms with Crippen LogP contribution in [0.2, 0.25) is 0 Å². The van der Waals surface area contributed by atoms with E-state index in [2.05, 4.69) is 0 Å². The monoisotopic (exact) mass is 380 g/mol. The van der Waals surface area contributed by atoms with Gasteiger partial charge in [0.1, 0.15) is 17.3 Å². The van der Waals surface area contributed by atoms with Gasteiger partial charge in [-0.3, -0.25) is 4.79 Å². The highest BCUT2D eigenvalue weighted by Gasteiger charge is 2.36. The van der Waals surface area contributed by atoms with Crippen LogP contribution in [0.15, 0.2) is 52.9 Å². The van der Waals surface area contributed by atoms with Crippen LogP contribution < -0.4 is 18.9 Å². The quantitative estimate of drug-likeness (QED) is 0.482. The number of fused-ring (bicyclic) bond motifs is 1. The Morgan fingerprint density at radius 2 is 1.68 bits per heavy atom. The fourth-order valence-electron chi connectivity index (χ4n) is 3.54. The number of methoxy groups -OCH3 is 3. The minimum atomic E-state index is -0.358. The lowest BCUT2D eigenvalue weighted by Crippen LogP contribution is -2.21. The average molecular weight is 380 g/mol. The highest BCUT2D eigenvalue weighted by atomic mass is 16.5. The van der Waals surface area contributed by atoms with Crippen LogP contribution in [-0.2, 0) is 4.79 Å². The fourth-order valence-corrected chi connectivity index (χ4v) is 3.54. The van der Waals surface area contributed by atoms with E-state index in [1.165, 1.54) is 14.2 Å². The Labute approximate surface area is 162 Å². The van der Waals surface area contributed by atoms with Crippen molar-refractivity contribution in [3.63, 3.8) is 0 Å². The lowest BCUT2D eigenvalue weighted by atomic mass is 9.89. The van der Waals surface area contributed by atoms with E-state index in [4.69, 9.17) is 23.4 Å². The molecule has 2 aromatic carbocycles. The summed E-state index contributed by atoms with van der Waals surface area (Å²) in [6.07, 6.45) is 0.139. The lowest BCUT2D eigenvalue weighted by molar-refractivity contribution is -0.135. The number of esters is 1. The maximum atomic E-state index is 12.3. The van der Waals surface area contributed by atoms with Crippen molar-refractivity contribution >= 4 is 5.97 Å². The molecule has 0 spiro atoms. The van der Waals surface area contributed by atoms with Gasteiger partial charge in [-0.25, -0.2) is 0 Å². The summed E-state index contributed by atoms with van der Waals surface area (Å²) in [5.74, 6) is 2.41. The highest BCUT2D eigenvalue weighted by molar-refractivity contribution is 5.80. The fraction of sp³-hybridized carbons (Fsp3) is 0.227. The van der Waals surface area contributed by atoms with Crippen molar-refractivity contribution in [1.29, 1.82) is 0 Å². The molecule has 2 heterocycles. The topological polar surface area (TPSA) is 67.1 Å². The molecular weight excluding hydrogens is 360 g/mol. The molecule has 1 aliphatic rings. The Hall–Kier alpha value is -3.41. The molecule has 0 bridgehead atoms. The molecule has 1 atom stereocenters. The Kier molecular flexibility index (Phi) is 4.69.